The first kappa shape index (κ1) is 14.0. The Hall–Kier alpha value is -1.46. The highest BCUT2D eigenvalue weighted by Gasteiger charge is 2.17. The van der Waals surface area contributed by atoms with E-state index in [0.29, 0.717) is 15.8 Å². The molecule has 0 spiro atoms. The van der Waals surface area contributed by atoms with Gasteiger partial charge in [0.2, 0.25) is 0 Å². The molecule has 0 aliphatic heterocycles. The van der Waals surface area contributed by atoms with Crippen LogP contribution in [0.5, 0.6) is 5.75 Å². The zero-order valence-corrected chi connectivity index (χ0v) is 11.7. The van der Waals surface area contributed by atoms with Crippen LogP contribution in [-0.2, 0) is 0 Å². The number of hydrogen-bond donors (Lipinski definition) is 1. The smallest absolute Gasteiger partial charge is 0.132 e. The average molecular weight is 328 g/mol. The third-order valence-electron chi connectivity index (χ3n) is 2.84. The molecule has 0 heterocycles. The SMILES string of the molecule is COc1ccc(C(N)c2cc(F)ccc2Br)c(F)c1. The van der Waals surface area contributed by atoms with Crippen LogP contribution in [0.15, 0.2) is 40.9 Å². The maximum absolute atomic E-state index is 13.9. The molecule has 5 heteroatoms. The minimum atomic E-state index is -0.754. The van der Waals surface area contributed by atoms with Crippen molar-refractivity contribution >= 4 is 15.9 Å². The van der Waals surface area contributed by atoms with Crippen molar-refractivity contribution in [3.8, 4) is 5.75 Å². The number of nitrogens with two attached hydrogens (primary N) is 1. The molecule has 2 aromatic carbocycles. The molecule has 0 radical (unpaired) electrons. The Balaban J connectivity index is 2.43. The van der Waals surface area contributed by atoms with E-state index in [9.17, 15) is 8.78 Å². The molecule has 0 aromatic heterocycles. The predicted molar refractivity (Wildman–Crippen MR) is 73.1 cm³/mol. The third-order valence-corrected chi connectivity index (χ3v) is 3.56. The van der Waals surface area contributed by atoms with Crippen molar-refractivity contribution in [1.82, 2.24) is 0 Å². The van der Waals surface area contributed by atoms with Gasteiger partial charge in [0.15, 0.2) is 0 Å². The van der Waals surface area contributed by atoms with Gasteiger partial charge in [0.25, 0.3) is 0 Å². The van der Waals surface area contributed by atoms with Crippen LogP contribution < -0.4 is 10.5 Å². The molecule has 0 fully saturated rings. The van der Waals surface area contributed by atoms with Gasteiger partial charge in [-0.05, 0) is 29.8 Å². The largest absolute Gasteiger partial charge is 0.497 e. The summed E-state index contributed by atoms with van der Waals surface area (Å²) in [5, 5.41) is 0. The first-order valence-corrected chi connectivity index (χ1v) is 6.36. The zero-order chi connectivity index (χ0) is 14.0. The fourth-order valence-electron chi connectivity index (χ4n) is 1.81. The Labute approximate surface area is 118 Å². The van der Waals surface area contributed by atoms with Crippen LogP contribution in [0.2, 0.25) is 0 Å². The van der Waals surface area contributed by atoms with Gasteiger partial charge in [0, 0.05) is 16.1 Å². The molecule has 19 heavy (non-hydrogen) atoms. The summed E-state index contributed by atoms with van der Waals surface area (Å²) in [6.45, 7) is 0. The van der Waals surface area contributed by atoms with Crippen molar-refractivity contribution in [2.75, 3.05) is 7.11 Å². The molecule has 2 nitrogen and oxygen atoms in total. The molecule has 0 saturated heterocycles. The fraction of sp³-hybridized carbons (Fsp3) is 0.143. The van der Waals surface area contributed by atoms with E-state index in [1.807, 2.05) is 0 Å². The van der Waals surface area contributed by atoms with E-state index in [1.54, 1.807) is 12.1 Å². The van der Waals surface area contributed by atoms with Crippen molar-refractivity contribution < 1.29 is 13.5 Å². The maximum Gasteiger partial charge on any atom is 0.132 e. The summed E-state index contributed by atoms with van der Waals surface area (Å²) >= 11 is 3.29. The second-order valence-corrected chi connectivity index (χ2v) is 4.89. The minimum absolute atomic E-state index is 0.284. The molecule has 1 atom stereocenters. The second kappa shape index (κ2) is 5.67. The second-order valence-electron chi connectivity index (χ2n) is 4.03. The molecule has 0 amide bonds. The van der Waals surface area contributed by atoms with E-state index >= 15 is 0 Å². The summed E-state index contributed by atoms with van der Waals surface area (Å²) in [6, 6.07) is 7.80. The van der Waals surface area contributed by atoms with Crippen LogP contribution in [0.4, 0.5) is 8.78 Å². The van der Waals surface area contributed by atoms with E-state index in [0.717, 1.165) is 0 Å². The van der Waals surface area contributed by atoms with Crippen molar-refractivity contribution in [2.45, 2.75) is 6.04 Å². The van der Waals surface area contributed by atoms with Gasteiger partial charge in [-0.2, -0.15) is 0 Å². The third kappa shape index (κ3) is 2.93. The standard InChI is InChI=1S/C14H12BrF2NO/c1-19-9-3-4-10(13(17)7-9)14(18)11-6-8(16)2-5-12(11)15/h2-7,14H,18H2,1H3. The molecule has 0 aliphatic rings. The lowest BCUT2D eigenvalue weighted by Gasteiger charge is -2.16. The van der Waals surface area contributed by atoms with Crippen molar-refractivity contribution in [3.05, 3.63) is 63.6 Å². The lowest BCUT2D eigenvalue weighted by Crippen LogP contribution is -2.14. The van der Waals surface area contributed by atoms with Crippen molar-refractivity contribution in [2.24, 2.45) is 5.73 Å². The molecule has 2 N–H and O–H groups in total. The van der Waals surface area contributed by atoms with E-state index in [4.69, 9.17) is 10.5 Å². The molecule has 0 bridgehead atoms. The zero-order valence-electron chi connectivity index (χ0n) is 10.2. The summed E-state index contributed by atoms with van der Waals surface area (Å²) in [6.07, 6.45) is 0. The highest BCUT2D eigenvalue weighted by Crippen LogP contribution is 2.30. The maximum atomic E-state index is 13.9. The van der Waals surface area contributed by atoms with Crippen molar-refractivity contribution in [3.63, 3.8) is 0 Å². The van der Waals surface area contributed by atoms with E-state index in [2.05, 4.69) is 15.9 Å². The highest BCUT2D eigenvalue weighted by molar-refractivity contribution is 9.10. The molecule has 1 unspecified atom stereocenters. The lowest BCUT2D eigenvalue weighted by atomic mass is 9.99. The summed E-state index contributed by atoms with van der Waals surface area (Å²) in [5.74, 6) is -0.489. The number of benzene rings is 2. The number of methoxy groups -OCH3 is 1. The van der Waals surface area contributed by atoms with E-state index in [1.165, 1.54) is 31.4 Å². The topological polar surface area (TPSA) is 35.2 Å². The fourth-order valence-corrected chi connectivity index (χ4v) is 2.30. The van der Waals surface area contributed by atoms with Gasteiger partial charge in [-0.3, -0.25) is 0 Å². The van der Waals surface area contributed by atoms with Crippen LogP contribution in [0.3, 0.4) is 0 Å². The Morgan fingerprint density at radius 2 is 1.84 bits per heavy atom. The lowest BCUT2D eigenvalue weighted by molar-refractivity contribution is 0.410. The molecular weight excluding hydrogens is 316 g/mol. The van der Waals surface area contributed by atoms with Gasteiger partial charge in [0.05, 0.1) is 13.2 Å². The van der Waals surface area contributed by atoms with Gasteiger partial charge in [-0.15, -0.1) is 0 Å². The van der Waals surface area contributed by atoms with Gasteiger partial charge >= 0.3 is 0 Å². The molecule has 100 valence electrons. The Morgan fingerprint density at radius 1 is 1.11 bits per heavy atom. The van der Waals surface area contributed by atoms with Gasteiger partial charge in [-0.25, -0.2) is 8.78 Å². The predicted octanol–water partition coefficient (Wildman–Crippen LogP) is 3.78. The molecular formula is C14H12BrF2NO. The van der Waals surface area contributed by atoms with Crippen molar-refractivity contribution in [1.29, 1.82) is 0 Å². The monoisotopic (exact) mass is 327 g/mol. The first-order valence-electron chi connectivity index (χ1n) is 5.57. The Kier molecular flexibility index (Phi) is 4.17. The number of ether oxygens (including phenoxy) is 1. The Morgan fingerprint density at radius 3 is 2.47 bits per heavy atom. The number of halogens is 3. The van der Waals surface area contributed by atoms with Gasteiger partial charge in [0.1, 0.15) is 17.4 Å². The summed E-state index contributed by atoms with van der Waals surface area (Å²) in [5.41, 5.74) is 6.78. The average Bonchev–Trinajstić information content (AvgIpc) is 2.40. The minimum Gasteiger partial charge on any atom is -0.497 e. The quantitative estimate of drug-likeness (QED) is 0.931. The van der Waals surface area contributed by atoms with Crippen LogP contribution in [0, 0.1) is 11.6 Å². The van der Waals surface area contributed by atoms with Gasteiger partial charge < -0.3 is 10.5 Å². The molecule has 0 aliphatic carbocycles. The summed E-state index contributed by atoms with van der Waals surface area (Å²) < 4.78 is 32.8. The Bertz CT molecular complexity index is 604. The highest BCUT2D eigenvalue weighted by atomic mass is 79.9. The first-order chi connectivity index (χ1) is 9.02. The molecule has 0 saturated carbocycles. The van der Waals surface area contributed by atoms with Crippen LogP contribution >= 0.6 is 15.9 Å². The molecule has 2 aromatic rings. The molecule has 2 rings (SSSR count). The number of rotatable bonds is 3. The number of hydrogen-bond acceptors (Lipinski definition) is 2. The van der Waals surface area contributed by atoms with E-state index in [-0.39, 0.29) is 5.56 Å². The summed E-state index contributed by atoms with van der Waals surface area (Å²) in [4.78, 5) is 0. The van der Waals surface area contributed by atoms with Gasteiger partial charge in [-0.1, -0.05) is 22.0 Å². The van der Waals surface area contributed by atoms with Crippen LogP contribution in [0.1, 0.15) is 17.2 Å². The summed E-state index contributed by atoms with van der Waals surface area (Å²) in [7, 11) is 1.46. The normalized spacial score (nSPS) is 12.3. The van der Waals surface area contributed by atoms with E-state index < -0.39 is 17.7 Å². The van der Waals surface area contributed by atoms with Crippen LogP contribution in [-0.4, -0.2) is 7.11 Å². The van der Waals surface area contributed by atoms with Crippen LogP contribution in [0.25, 0.3) is 0 Å².